The van der Waals surface area contributed by atoms with Crippen LogP contribution in [0.5, 0.6) is 5.75 Å². The van der Waals surface area contributed by atoms with Gasteiger partial charge in [0.05, 0.1) is 4.88 Å². The molecule has 0 bridgehead atoms. The minimum Gasteiger partial charge on any atom is -0.507 e. The van der Waals surface area contributed by atoms with E-state index in [1.165, 1.54) is 11.3 Å². The molecule has 0 radical (unpaired) electrons. The van der Waals surface area contributed by atoms with Crippen molar-refractivity contribution in [2.24, 2.45) is 0 Å². The Bertz CT molecular complexity index is 485. The number of rotatable bonds is 2. The molecule has 0 aliphatic carbocycles. The second-order valence-electron chi connectivity index (χ2n) is 3.10. The molecule has 76 valence electrons. The number of carbonyl (C=O) groups excluding carboxylic acids is 1. The molecule has 4 heteroatoms. The molecule has 1 aromatic heterocycles. The molecule has 0 amide bonds. The van der Waals surface area contributed by atoms with Gasteiger partial charge in [-0.1, -0.05) is 6.07 Å². The lowest BCUT2D eigenvalue weighted by atomic mass is 10.1. The molecule has 1 aromatic carbocycles. The van der Waals surface area contributed by atoms with Gasteiger partial charge in [0, 0.05) is 11.3 Å². The zero-order valence-corrected chi connectivity index (χ0v) is 8.62. The lowest BCUT2D eigenvalue weighted by molar-refractivity contribution is 0.112. The van der Waals surface area contributed by atoms with Crippen LogP contribution < -0.4 is 5.73 Å². The fourth-order valence-electron chi connectivity index (χ4n) is 1.42. The Morgan fingerprint density at radius 2 is 2.20 bits per heavy atom. The van der Waals surface area contributed by atoms with E-state index < -0.39 is 0 Å². The maximum absolute atomic E-state index is 10.5. The van der Waals surface area contributed by atoms with Crippen molar-refractivity contribution >= 4 is 23.3 Å². The summed E-state index contributed by atoms with van der Waals surface area (Å²) in [6.45, 7) is 0. The van der Waals surface area contributed by atoms with Gasteiger partial charge in [0.15, 0.2) is 6.29 Å². The molecule has 0 aliphatic heterocycles. The van der Waals surface area contributed by atoms with E-state index in [0.29, 0.717) is 16.1 Å². The predicted octanol–water partition coefficient (Wildman–Crippen LogP) is 2.52. The predicted molar refractivity (Wildman–Crippen MR) is 61.2 cm³/mol. The van der Waals surface area contributed by atoms with Crippen LogP contribution in [-0.2, 0) is 0 Å². The number of nitrogens with two attached hydrogens (primary N) is 1. The van der Waals surface area contributed by atoms with E-state index in [-0.39, 0.29) is 5.75 Å². The normalized spacial score (nSPS) is 10.1. The number of hydrogen-bond donors (Lipinski definition) is 2. The largest absolute Gasteiger partial charge is 0.507 e. The Hall–Kier alpha value is -1.81. The number of benzene rings is 1. The molecule has 0 unspecified atom stereocenters. The van der Waals surface area contributed by atoms with Crippen LogP contribution in [0, 0.1) is 0 Å². The average Bonchev–Trinajstić information content (AvgIpc) is 2.66. The van der Waals surface area contributed by atoms with E-state index in [1.807, 2.05) is 0 Å². The standard InChI is InChI=1S/C11H9NO2S/c12-9-2-1-3-10(14)11(9)7-4-8(5-13)15-6-7/h1-6,14H,12H2. The summed E-state index contributed by atoms with van der Waals surface area (Å²) in [6, 6.07) is 6.68. The van der Waals surface area contributed by atoms with Crippen molar-refractivity contribution in [3.63, 3.8) is 0 Å². The zero-order valence-electron chi connectivity index (χ0n) is 7.81. The van der Waals surface area contributed by atoms with Gasteiger partial charge in [-0.2, -0.15) is 0 Å². The quantitative estimate of drug-likeness (QED) is 0.602. The van der Waals surface area contributed by atoms with Gasteiger partial charge in [-0.25, -0.2) is 0 Å². The second kappa shape index (κ2) is 3.74. The molecule has 0 atom stereocenters. The number of hydrogen-bond acceptors (Lipinski definition) is 4. The molecule has 1 heterocycles. The highest BCUT2D eigenvalue weighted by atomic mass is 32.1. The van der Waals surface area contributed by atoms with Gasteiger partial charge in [0.1, 0.15) is 5.75 Å². The Kier molecular flexibility index (Phi) is 2.43. The molecule has 2 rings (SSSR count). The number of anilines is 1. The van der Waals surface area contributed by atoms with E-state index in [0.717, 1.165) is 11.8 Å². The molecule has 0 fully saturated rings. The lowest BCUT2D eigenvalue weighted by Crippen LogP contribution is -1.88. The van der Waals surface area contributed by atoms with E-state index >= 15 is 0 Å². The molecule has 3 N–H and O–H groups in total. The summed E-state index contributed by atoms with van der Waals surface area (Å²) in [6.07, 6.45) is 0.782. The Morgan fingerprint density at radius 1 is 1.40 bits per heavy atom. The minimum atomic E-state index is 0.130. The maximum atomic E-state index is 10.5. The van der Waals surface area contributed by atoms with E-state index in [2.05, 4.69) is 0 Å². The van der Waals surface area contributed by atoms with Crippen molar-refractivity contribution in [1.82, 2.24) is 0 Å². The average molecular weight is 219 g/mol. The molecule has 0 saturated heterocycles. The minimum absolute atomic E-state index is 0.130. The summed E-state index contributed by atoms with van der Waals surface area (Å²) in [5, 5.41) is 11.5. The van der Waals surface area contributed by atoms with Crippen LogP contribution in [0.2, 0.25) is 0 Å². The van der Waals surface area contributed by atoms with Gasteiger partial charge in [-0.15, -0.1) is 11.3 Å². The van der Waals surface area contributed by atoms with E-state index in [4.69, 9.17) is 5.73 Å². The highest BCUT2D eigenvalue weighted by Crippen LogP contribution is 2.36. The third-order valence-electron chi connectivity index (χ3n) is 2.10. The number of nitrogen functional groups attached to an aromatic ring is 1. The summed E-state index contributed by atoms with van der Waals surface area (Å²) >= 11 is 1.33. The molecular formula is C11H9NO2S. The highest BCUT2D eigenvalue weighted by molar-refractivity contribution is 7.12. The van der Waals surface area contributed by atoms with Crippen molar-refractivity contribution in [2.75, 3.05) is 5.73 Å². The van der Waals surface area contributed by atoms with Gasteiger partial charge >= 0.3 is 0 Å². The van der Waals surface area contributed by atoms with Crippen LogP contribution in [0.4, 0.5) is 5.69 Å². The maximum Gasteiger partial charge on any atom is 0.160 e. The van der Waals surface area contributed by atoms with Gasteiger partial charge in [0.2, 0.25) is 0 Å². The molecule has 0 aliphatic rings. The van der Waals surface area contributed by atoms with Gasteiger partial charge in [0.25, 0.3) is 0 Å². The van der Waals surface area contributed by atoms with Crippen LogP contribution in [0.25, 0.3) is 11.1 Å². The van der Waals surface area contributed by atoms with Crippen LogP contribution >= 0.6 is 11.3 Å². The zero-order chi connectivity index (χ0) is 10.8. The van der Waals surface area contributed by atoms with Crippen molar-refractivity contribution in [3.05, 3.63) is 34.5 Å². The molecule has 0 spiro atoms. The Balaban J connectivity index is 2.58. The lowest BCUT2D eigenvalue weighted by Gasteiger charge is -2.05. The summed E-state index contributed by atoms with van der Waals surface area (Å²) in [7, 11) is 0. The van der Waals surface area contributed by atoms with Crippen LogP contribution in [0.15, 0.2) is 29.6 Å². The Labute approximate surface area is 90.8 Å². The summed E-state index contributed by atoms with van der Waals surface area (Å²) in [5.74, 6) is 0.130. The van der Waals surface area contributed by atoms with Gasteiger partial charge in [-0.3, -0.25) is 4.79 Å². The summed E-state index contributed by atoms with van der Waals surface area (Å²) in [5.41, 5.74) is 7.63. The fourth-order valence-corrected chi connectivity index (χ4v) is 2.12. The first kappa shape index (κ1) is 9.73. The first-order valence-corrected chi connectivity index (χ1v) is 5.22. The number of aromatic hydroxyl groups is 1. The van der Waals surface area contributed by atoms with Gasteiger partial charge < -0.3 is 10.8 Å². The first-order chi connectivity index (χ1) is 7.22. The first-order valence-electron chi connectivity index (χ1n) is 4.34. The van der Waals surface area contributed by atoms with Crippen LogP contribution in [0.1, 0.15) is 9.67 Å². The number of carbonyl (C=O) groups is 1. The third-order valence-corrected chi connectivity index (χ3v) is 2.96. The molecule has 3 nitrogen and oxygen atoms in total. The summed E-state index contributed by atoms with van der Waals surface area (Å²) in [4.78, 5) is 11.2. The van der Waals surface area contributed by atoms with Crippen LogP contribution in [0.3, 0.4) is 0 Å². The smallest absolute Gasteiger partial charge is 0.160 e. The molecule has 2 aromatic rings. The van der Waals surface area contributed by atoms with Crippen molar-refractivity contribution in [2.45, 2.75) is 0 Å². The molecule has 0 saturated carbocycles. The van der Waals surface area contributed by atoms with E-state index in [1.54, 1.807) is 29.6 Å². The van der Waals surface area contributed by atoms with Crippen molar-refractivity contribution in [3.8, 4) is 16.9 Å². The van der Waals surface area contributed by atoms with E-state index in [9.17, 15) is 9.90 Å². The molecular weight excluding hydrogens is 210 g/mol. The summed E-state index contributed by atoms with van der Waals surface area (Å²) < 4.78 is 0. The van der Waals surface area contributed by atoms with Crippen molar-refractivity contribution < 1.29 is 9.90 Å². The monoisotopic (exact) mass is 219 g/mol. The number of thiophene rings is 1. The third kappa shape index (κ3) is 1.71. The topological polar surface area (TPSA) is 63.3 Å². The van der Waals surface area contributed by atoms with Crippen LogP contribution in [-0.4, -0.2) is 11.4 Å². The number of phenols is 1. The SMILES string of the molecule is Nc1cccc(O)c1-c1csc(C=O)c1. The number of aldehydes is 1. The highest BCUT2D eigenvalue weighted by Gasteiger charge is 2.09. The molecule has 15 heavy (non-hydrogen) atoms. The second-order valence-corrected chi connectivity index (χ2v) is 4.04. The number of phenolic OH excluding ortho intramolecular Hbond substituents is 1. The van der Waals surface area contributed by atoms with Crippen molar-refractivity contribution in [1.29, 1.82) is 0 Å². The fraction of sp³-hybridized carbons (Fsp3) is 0. The van der Waals surface area contributed by atoms with Gasteiger partial charge in [-0.05, 0) is 29.1 Å². The Morgan fingerprint density at radius 3 is 2.80 bits per heavy atom.